The van der Waals surface area contributed by atoms with Crippen molar-refractivity contribution in [1.29, 1.82) is 0 Å². The summed E-state index contributed by atoms with van der Waals surface area (Å²) in [6, 6.07) is 11.7. The molecule has 5 rings (SSSR count). The van der Waals surface area contributed by atoms with Crippen LogP contribution in [-0.2, 0) is 0 Å². The van der Waals surface area contributed by atoms with E-state index in [2.05, 4.69) is 20.6 Å². The molecule has 7 heteroatoms. The molecular formula is C24H26N4O3. The Morgan fingerprint density at radius 3 is 3.03 bits per heavy atom. The lowest BCUT2D eigenvalue weighted by Gasteiger charge is -2.14. The highest BCUT2D eigenvalue weighted by Gasteiger charge is 2.17. The number of anilines is 2. The van der Waals surface area contributed by atoms with Gasteiger partial charge in [-0.25, -0.2) is 9.97 Å². The van der Waals surface area contributed by atoms with Crippen molar-refractivity contribution in [2.45, 2.75) is 19.3 Å². The van der Waals surface area contributed by atoms with Gasteiger partial charge in [-0.1, -0.05) is 0 Å². The Kier molecular flexibility index (Phi) is 5.58. The summed E-state index contributed by atoms with van der Waals surface area (Å²) in [5.74, 6) is 3.62. The Morgan fingerprint density at radius 2 is 2.16 bits per heavy atom. The maximum absolute atomic E-state index is 6.06. The number of ether oxygens (including phenoxy) is 2. The van der Waals surface area contributed by atoms with E-state index in [-0.39, 0.29) is 0 Å². The van der Waals surface area contributed by atoms with Crippen LogP contribution in [0.15, 0.2) is 53.4 Å². The molecule has 0 bridgehead atoms. The summed E-state index contributed by atoms with van der Waals surface area (Å²) in [6.07, 6.45) is 6.69. The summed E-state index contributed by atoms with van der Waals surface area (Å²) < 4.78 is 17.3. The molecule has 0 amide bonds. The number of fused-ring (bicyclic) bond motifs is 2. The molecule has 1 saturated heterocycles. The van der Waals surface area contributed by atoms with Crippen LogP contribution in [0.25, 0.3) is 22.2 Å². The van der Waals surface area contributed by atoms with Gasteiger partial charge >= 0.3 is 0 Å². The fraction of sp³-hybridized carbons (Fsp3) is 0.333. The fourth-order valence-corrected chi connectivity index (χ4v) is 4.17. The van der Waals surface area contributed by atoms with Crippen LogP contribution in [0.2, 0.25) is 0 Å². The second-order valence-corrected chi connectivity index (χ2v) is 7.86. The van der Waals surface area contributed by atoms with Crippen LogP contribution in [0.5, 0.6) is 11.5 Å². The van der Waals surface area contributed by atoms with E-state index in [1.165, 1.54) is 12.8 Å². The molecule has 1 atom stereocenters. The van der Waals surface area contributed by atoms with Crippen LogP contribution in [-0.4, -0.2) is 36.8 Å². The first-order valence-corrected chi connectivity index (χ1v) is 10.7. The average molecular weight is 418 g/mol. The zero-order valence-corrected chi connectivity index (χ0v) is 17.6. The molecular weight excluding hydrogens is 392 g/mol. The van der Waals surface area contributed by atoms with Crippen molar-refractivity contribution in [3.63, 3.8) is 0 Å². The standard InChI is InChI=1S/C24H26N4O3/c1-29-21-12-18-20(13-22(21)30-10-2-4-16-8-9-25-14-16)26-15-27-24(18)28-19-7-6-17-5-3-11-31-23(17)19/h3,5-7,11-13,15-16,25H,2,4,8-10,14H2,1H3,(H,26,27,28). The van der Waals surface area contributed by atoms with Gasteiger partial charge in [-0.3, -0.25) is 0 Å². The normalized spacial score (nSPS) is 16.1. The fourth-order valence-electron chi connectivity index (χ4n) is 4.17. The van der Waals surface area contributed by atoms with Crippen molar-refractivity contribution in [1.82, 2.24) is 15.3 Å². The molecule has 1 aromatic carbocycles. The van der Waals surface area contributed by atoms with E-state index >= 15 is 0 Å². The number of rotatable bonds is 8. The molecule has 1 aromatic heterocycles. The molecule has 3 aliphatic rings. The molecule has 2 aromatic rings. The maximum Gasteiger partial charge on any atom is 0.163 e. The highest BCUT2D eigenvalue weighted by molar-refractivity contribution is 5.94. The molecule has 2 aliphatic heterocycles. The minimum absolute atomic E-state index is 0.662. The zero-order valence-electron chi connectivity index (χ0n) is 17.6. The van der Waals surface area contributed by atoms with Gasteiger partial charge in [-0.05, 0) is 68.6 Å². The van der Waals surface area contributed by atoms with Crippen molar-refractivity contribution in [2.24, 2.45) is 5.92 Å². The predicted molar refractivity (Wildman–Crippen MR) is 120 cm³/mol. The van der Waals surface area contributed by atoms with Crippen LogP contribution in [0, 0.1) is 5.92 Å². The van der Waals surface area contributed by atoms with Gasteiger partial charge < -0.3 is 24.5 Å². The molecule has 2 N–H and O–H groups in total. The first-order valence-electron chi connectivity index (χ1n) is 10.7. The molecule has 31 heavy (non-hydrogen) atoms. The Balaban J connectivity index is 1.36. The van der Waals surface area contributed by atoms with Crippen LogP contribution in [0.4, 0.5) is 11.5 Å². The highest BCUT2D eigenvalue weighted by Crippen LogP contribution is 2.37. The highest BCUT2D eigenvalue weighted by atomic mass is 16.5. The topological polar surface area (TPSA) is 81.4 Å². The van der Waals surface area contributed by atoms with Gasteiger partial charge in [-0.2, -0.15) is 0 Å². The average Bonchev–Trinajstić information content (AvgIpc) is 3.47. The molecule has 160 valence electrons. The van der Waals surface area contributed by atoms with Crippen molar-refractivity contribution in [3.8, 4) is 22.8 Å². The number of benzene rings is 1. The number of methoxy groups -OCH3 is 1. The lowest BCUT2D eigenvalue weighted by atomic mass is 10.0. The van der Waals surface area contributed by atoms with Gasteiger partial charge in [0.05, 0.1) is 31.2 Å². The molecule has 0 spiro atoms. The van der Waals surface area contributed by atoms with Crippen molar-refractivity contribution >= 4 is 22.4 Å². The summed E-state index contributed by atoms with van der Waals surface area (Å²) in [7, 11) is 1.65. The van der Waals surface area contributed by atoms with E-state index in [4.69, 9.17) is 13.9 Å². The first kappa shape index (κ1) is 19.6. The Labute approximate surface area is 181 Å². The first-order chi connectivity index (χ1) is 15.3. The molecule has 0 saturated carbocycles. The summed E-state index contributed by atoms with van der Waals surface area (Å²) in [5, 5.41) is 7.65. The Bertz CT molecular complexity index is 1140. The van der Waals surface area contributed by atoms with Crippen LogP contribution >= 0.6 is 0 Å². The minimum atomic E-state index is 0.662. The lowest BCUT2D eigenvalue weighted by Crippen LogP contribution is -2.10. The monoisotopic (exact) mass is 418 g/mol. The Morgan fingerprint density at radius 1 is 1.19 bits per heavy atom. The summed E-state index contributed by atoms with van der Waals surface area (Å²) >= 11 is 0. The van der Waals surface area contributed by atoms with Gasteiger partial charge in [0.15, 0.2) is 17.3 Å². The summed E-state index contributed by atoms with van der Waals surface area (Å²) in [6.45, 7) is 2.92. The van der Waals surface area contributed by atoms with Crippen molar-refractivity contribution < 1.29 is 13.9 Å². The quantitative estimate of drug-likeness (QED) is 0.396. The second kappa shape index (κ2) is 8.81. The number of hydrogen-bond acceptors (Lipinski definition) is 7. The van der Waals surface area contributed by atoms with Gasteiger partial charge in [0, 0.05) is 17.0 Å². The smallest absolute Gasteiger partial charge is 0.163 e. The van der Waals surface area contributed by atoms with Gasteiger partial charge in [0.25, 0.3) is 0 Å². The molecule has 1 fully saturated rings. The van der Waals surface area contributed by atoms with Crippen LogP contribution < -0.4 is 20.1 Å². The van der Waals surface area contributed by atoms with E-state index in [0.29, 0.717) is 23.9 Å². The molecule has 7 nitrogen and oxygen atoms in total. The van der Waals surface area contributed by atoms with E-state index in [1.54, 1.807) is 19.7 Å². The third-order valence-electron chi connectivity index (χ3n) is 5.83. The summed E-state index contributed by atoms with van der Waals surface area (Å²) in [4.78, 5) is 8.89. The Hall–Kier alpha value is -3.32. The zero-order chi connectivity index (χ0) is 21.0. The van der Waals surface area contributed by atoms with Gasteiger partial charge in [0.1, 0.15) is 12.1 Å². The second-order valence-electron chi connectivity index (χ2n) is 7.86. The number of aromatic nitrogens is 2. The minimum Gasteiger partial charge on any atom is -0.493 e. The summed E-state index contributed by atoms with van der Waals surface area (Å²) in [5.41, 5.74) is 2.68. The van der Waals surface area contributed by atoms with Crippen molar-refractivity contribution in [3.05, 3.63) is 49.0 Å². The van der Waals surface area contributed by atoms with E-state index in [1.807, 2.05) is 36.4 Å². The molecule has 3 heterocycles. The predicted octanol–water partition coefficient (Wildman–Crippen LogP) is 4.85. The van der Waals surface area contributed by atoms with E-state index < -0.39 is 0 Å². The third-order valence-corrected chi connectivity index (χ3v) is 5.83. The lowest BCUT2D eigenvalue weighted by molar-refractivity contribution is 0.278. The molecule has 0 radical (unpaired) electrons. The SMILES string of the molecule is COc1cc2c(Nc3ccc4cccoc3-4)ncnc2cc1OCCCC1CCNC1. The number of nitrogens with zero attached hydrogens (tertiary/aromatic N) is 2. The van der Waals surface area contributed by atoms with Gasteiger partial charge in [-0.15, -0.1) is 0 Å². The largest absolute Gasteiger partial charge is 0.493 e. The van der Waals surface area contributed by atoms with Crippen molar-refractivity contribution in [2.75, 3.05) is 32.1 Å². The number of nitrogens with one attached hydrogen (secondary N) is 2. The van der Waals surface area contributed by atoms with E-state index in [0.717, 1.165) is 53.3 Å². The molecule has 1 aliphatic carbocycles. The third kappa shape index (κ3) is 4.14. The van der Waals surface area contributed by atoms with Crippen LogP contribution in [0.3, 0.4) is 0 Å². The van der Waals surface area contributed by atoms with E-state index in [9.17, 15) is 0 Å². The van der Waals surface area contributed by atoms with Gasteiger partial charge in [0.2, 0.25) is 0 Å². The molecule has 1 unspecified atom stereocenters. The van der Waals surface area contributed by atoms with Crippen LogP contribution in [0.1, 0.15) is 19.3 Å². The number of hydrogen-bond donors (Lipinski definition) is 2. The maximum atomic E-state index is 6.06.